The van der Waals surface area contributed by atoms with E-state index in [1.54, 1.807) is 13.8 Å². The first-order chi connectivity index (χ1) is 8.94. The fourth-order valence-electron chi connectivity index (χ4n) is 2.49. The Morgan fingerprint density at radius 1 is 1.32 bits per heavy atom. The number of rotatable bonds is 4. The predicted octanol–water partition coefficient (Wildman–Crippen LogP) is 1.78. The minimum atomic E-state index is -1.22. The van der Waals surface area contributed by atoms with E-state index >= 15 is 0 Å². The Hall–Kier alpha value is -1.39. The van der Waals surface area contributed by atoms with Crippen LogP contribution in [0, 0.1) is 0 Å². The van der Waals surface area contributed by atoms with Gasteiger partial charge in [-0.05, 0) is 37.8 Å². The number of hydrogen-bond acceptors (Lipinski definition) is 3. The van der Waals surface area contributed by atoms with Crippen molar-refractivity contribution in [1.29, 1.82) is 0 Å². The predicted molar refractivity (Wildman–Crippen MR) is 71.1 cm³/mol. The van der Waals surface area contributed by atoms with Gasteiger partial charge in [0.05, 0.1) is 12.2 Å². The van der Waals surface area contributed by atoms with Crippen LogP contribution in [-0.4, -0.2) is 34.0 Å². The molecule has 2 rings (SSSR count). The molecular weight excluding hydrogens is 244 g/mol. The molecule has 1 aliphatic carbocycles. The first kappa shape index (κ1) is 14.0. The van der Waals surface area contributed by atoms with Crippen LogP contribution in [0.3, 0.4) is 0 Å². The molecule has 19 heavy (non-hydrogen) atoms. The van der Waals surface area contributed by atoms with Gasteiger partial charge in [-0.15, -0.1) is 0 Å². The highest BCUT2D eigenvalue weighted by atomic mass is 16.5. The summed E-state index contributed by atoms with van der Waals surface area (Å²) in [6.07, 6.45) is 0.302. The topological polar surface area (TPSA) is 66.8 Å². The van der Waals surface area contributed by atoms with Crippen molar-refractivity contribution in [2.24, 2.45) is 0 Å². The Kier molecular flexibility index (Phi) is 3.92. The Balaban J connectivity index is 2.26. The molecule has 0 saturated heterocycles. The van der Waals surface area contributed by atoms with E-state index < -0.39 is 23.8 Å². The molecule has 0 aromatic heterocycles. The van der Waals surface area contributed by atoms with Crippen molar-refractivity contribution in [2.45, 2.75) is 50.9 Å². The molecule has 0 heterocycles. The van der Waals surface area contributed by atoms with E-state index in [1.807, 2.05) is 24.3 Å². The van der Waals surface area contributed by atoms with Gasteiger partial charge in [-0.1, -0.05) is 24.3 Å². The number of aliphatic hydroxyl groups is 1. The summed E-state index contributed by atoms with van der Waals surface area (Å²) in [5, 5.41) is 19.1. The maximum Gasteiger partial charge on any atom is 0.336 e. The van der Waals surface area contributed by atoms with Crippen molar-refractivity contribution in [3.05, 3.63) is 35.4 Å². The number of carboxylic acid groups (broad SMARTS) is 1. The van der Waals surface area contributed by atoms with Crippen molar-refractivity contribution in [2.75, 3.05) is 0 Å². The average Bonchev–Trinajstić information content (AvgIpc) is 2.38. The molecule has 0 spiro atoms. The minimum Gasteiger partial charge on any atom is -0.479 e. The van der Waals surface area contributed by atoms with Crippen molar-refractivity contribution < 1.29 is 19.7 Å². The Morgan fingerprint density at radius 2 is 1.95 bits per heavy atom. The second-order valence-electron chi connectivity index (χ2n) is 5.31. The summed E-state index contributed by atoms with van der Waals surface area (Å²) in [5.74, 6) is -0.950. The van der Waals surface area contributed by atoms with Crippen molar-refractivity contribution in [3.63, 3.8) is 0 Å². The van der Waals surface area contributed by atoms with E-state index in [1.165, 1.54) is 5.56 Å². The molecule has 3 unspecified atom stereocenters. The van der Waals surface area contributed by atoms with Gasteiger partial charge in [0.1, 0.15) is 0 Å². The molecule has 0 saturated carbocycles. The lowest BCUT2D eigenvalue weighted by Crippen LogP contribution is -2.50. The zero-order chi connectivity index (χ0) is 14.0. The Labute approximate surface area is 113 Å². The van der Waals surface area contributed by atoms with Crippen LogP contribution >= 0.6 is 0 Å². The number of benzene rings is 1. The van der Waals surface area contributed by atoms with Gasteiger partial charge < -0.3 is 14.9 Å². The van der Waals surface area contributed by atoms with Crippen LogP contribution in [-0.2, 0) is 22.4 Å². The molecule has 4 heteroatoms. The largest absolute Gasteiger partial charge is 0.479 e. The van der Waals surface area contributed by atoms with Crippen molar-refractivity contribution >= 4 is 5.97 Å². The summed E-state index contributed by atoms with van der Waals surface area (Å²) in [4.78, 5) is 11.6. The van der Waals surface area contributed by atoms with Crippen molar-refractivity contribution in [3.8, 4) is 0 Å². The fourth-order valence-corrected chi connectivity index (χ4v) is 2.49. The number of aliphatic hydroxyl groups excluding tert-OH is 1. The molecule has 1 aromatic rings. The zero-order valence-corrected chi connectivity index (χ0v) is 11.3. The Morgan fingerprint density at radius 3 is 2.53 bits per heavy atom. The lowest BCUT2D eigenvalue weighted by atomic mass is 9.80. The van der Waals surface area contributed by atoms with Crippen LogP contribution in [0.4, 0.5) is 0 Å². The first-order valence-electron chi connectivity index (χ1n) is 6.61. The SMILES string of the molecule is CC(O)C(C)OC1(C(=O)O)CCc2ccccc2C1. The maximum atomic E-state index is 11.6. The number of fused-ring (bicyclic) bond motifs is 1. The summed E-state index contributed by atoms with van der Waals surface area (Å²) in [6.45, 7) is 3.31. The summed E-state index contributed by atoms with van der Waals surface area (Å²) in [5.41, 5.74) is 0.992. The first-order valence-corrected chi connectivity index (χ1v) is 6.61. The van der Waals surface area contributed by atoms with Crippen LogP contribution in [0.5, 0.6) is 0 Å². The smallest absolute Gasteiger partial charge is 0.336 e. The quantitative estimate of drug-likeness (QED) is 0.870. The van der Waals surface area contributed by atoms with E-state index in [9.17, 15) is 15.0 Å². The molecule has 3 atom stereocenters. The Bertz CT molecular complexity index is 469. The zero-order valence-electron chi connectivity index (χ0n) is 11.3. The third-order valence-electron chi connectivity index (χ3n) is 3.87. The van der Waals surface area contributed by atoms with E-state index in [2.05, 4.69) is 0 Å². The molecule has 0 fully saturated rings. The second-order valence-corrected chi connectivity index (χ2v) is 5.31. The van der Waals surface area contributed by atoms with Crippen molar-refractivity contribution in [1.82, 2.24) is 0 Å². The lowest BCUT2D eigenvalue weighted by Gasteiger charge is -2.37. The van der Waals surface area contributed by atoms with Gasteiger partial charge in [0.25, 0.3) is 0 Å². The second kappa shape index (κ2) is 5.31. The standard InChI is InChI=1S/C15H20O4/c1-10(16)11(2)19-15(14(17)18)8-7-12-5-3-4-6-13(12)9-15/h3-6,10-11,16H,7-9H2,1-2H3,(H,17,18). The van der Waals surface area contributed by atoms with Crippen LogP contribution < -0.4 is 0 Å². The third-order valence-corrected chi connectivity index (χ3v) is 3.87. The lowest BCUT2D eigenvalue weighted by molar-refractivity contribution is -0.182. The summed E-state index contributed by atoms with van der Waals surface area (Å²) >= 11 is 0. The molecule has 0 amide bonds. The highest BCUT2D eigenvalue weighted by Crippen LogP contribution is 2.33. The molecule has 0 bridgehead atoms. The molecule has 1 aromatic carbocycles. The third kappa shape index (κ3) is 2.80. The number of aryl methyl sites for hydroxylation is 1. The molecule has 4 nitrogen and oxygen atoms in total. The summed E-state index contributed by atoms with van der Waals surface area (Å²) < 4.78 is 5.71. The maximum absolute atomic E-state index is 11.6. The van der Waals surface area contributed by atoms with Gasteiger partial charge in [-0.3, -0.25) is 0 Å². The normalized spacial score (nSPS) is 25.4. The number of carboxylic acids is 1. The molecular formula is C15H20O4. The van der Waals surface area contributed by atoms with Gasteiger partial charge in [-0.25, -0.2) is 4.79 Å². The highest BCUT2D eigenvalue weighted by Gasteiger charge is 2.44. The number of ether oxygens (including phenoxy) is 1. The van der Waals surface area contributed by atoms with Gasteiger partial charge in [-0.2, -0.15) is 0 Å². The van der Waals surface area contributed by atoms with Crippen LogP contribution in [0.15, 0.2) is 24.3 Å². The number of carbonyl (C=O) groups is 1. The van der Waals surface area contributed by atoms with E-state index in [-0.39, 0.29) is 0 Å². The molecule has 0 radical (unpaired) electrons. The van der Waals surface area contributed by atoms with E-state index in [0.29, 0.717) is 19.3 Å². The average molecular weight is 264 g/mol. The van der Waals surface area contributed by atoms with Gasteiger partial charge in [0.15, 0.2) is 5.60 Å². The number of hydrogen-bond donors (Lipinski definition) is 2. The van der Waals surface area contributed by atoms with Gasteiger partial charge in [0, 0.05) is 6.42 Å². The molecule has 0 aliphatic heterocycles. The monoisotopic (exact) mass is 264 g/mol. The molecule has 104 valence electrons. The van der Waals surface area contributed by atoms with E-state index in [0.717, 1.165) is 5.56 Å². The van der Waals surface area contributed by atoms with E-state index in [4.69, 9.17) is 4.74 Å². The highest BCUT2D eigenvalue weighted by molar-refractivity contribution is 5.78. The van der Waals surface area contributed by atoms with Crippen LogP contribution in [0.2, 0.25) is 0 Å². The van der Waals surface area contributed by atoms with Crippen LogP contribution in [0.1, 0.15) is 31.4 Å². The summed E-state index contributed by atoms with van der Waals surface area (Å²) in [6, 6.07) is 7.85. The molecule has 2 N–H and O–H groups in total. The van der Waals surface area contributed by atoms with Crippen LogP contribution in [0.25, 0.3) is 0 Å². The molecule has 1 aliphatic rings. The summed E-state index contributed by atoms with van der Waals surface area (Å²) in [7, 11) is 0. The number of aliphatic carboxylic acids is 1. The fraction of sp³-hybridized carbons (Fsp3) is 0.533. The van der Waals surface area contributed by atoms with Gasteiger partial charge in [0.2, 0.25) is 0 Å². The minimum absolute atomic E-state index is 0.357. The van der Waals surface area contributed by atoms with Gasteiger partial charge >= 0.3 is 5.97 Å².